The Hall–Kier alpha value is -2.71. The van der Waals surface area contributed by atoms with Crippen molar-refractivity contribution in [3.8, 4) is 0 Å². The number of carboxylic acids is 1. The normalized spacial score (nSPS) is 13.4. The molecule has 8 heteroatoms. The number of hydrogen-bond acceptors (Lipinski definition) is 6. The van der Waals surface area contributed by atoms with Gasteiger partial charge in [0.2, 0.25) is 0 Å². The molecule has 0 bridgehead atoms. The molecule has 0 rings (SSSR count). The summed E-state index contributed by atoms with van der Waals surface area (Å²) in [6, 6.07) is -0.613. The second-order valence-corrected chi connectivity index (χ2v) is 15.9. The Bertz CT molecular complexity index is 1040. The molecule has 0 spiro atoms. The molecular weight excluding hydrogens is 691 g/mol. The molecule has 0 aromatic rings. The van der Waals surface area contributed by atoms with E-state index < -0.39 is 18.1 Å². The molecule has 55 heavy (non-hydrogen) atoms. The summed E-state index contributed by atoms with van der Waals surface area (Å²) in [6.45, 7) is 4.59. The molecule has 0 aliphatic heterocycles. The zero-order chi connectivity index (χ0) is 40.7. The largest absolute Gasteiger partial charge is 0.477 e. The summed E-state index contributed by atoms with van der Waals surface area (Å²) in [7, 11) is 5.52. The lowest BCUT2D eigenvalue weighted by atomic mass is 10.0. The van der Waals surface area contributed by atoms with Gasteiger partial charge in [-0.05, 0) is 51.4 Å². The van der Waals surface area contributed by atoms with Gasteiger partial charge in [-0.25, -0.2) is 4.79 Å². The van der Waals surface area contributed by atoms with Gasteiger partial charge in [0.15, 0.2) is 12.1 Å². The summed E-state index contributed by atoms with van der Waals surface area (Å²) < 4.78 is 17.2. The Balaban J connectivity index is 4.20. The molecule has 0 amide bonds. The maximum atomic E-state index is 12.7. The van der Waals surface area contributed by atoms with Crippen LogP contribution >= 0.6 is 0 Å². The van der Waals surface area contributed by atoms with Crippen molar-refractivity contribution < 1.29 is 38.2 Å². The van der Waals surface area contributed by atoms with Crippen molar-refractivity contribution >= 4 is 17.9 Å². The molecule has 0 aliphatic carbocycles. The Labute approximate surface area is 337 Å². The van der Waals surface area contributed by atoms with E-state index >= 15 is 0 Å². The first-order valence-corrected chi connectivity index (χ1v) is 22.2. The van der Waals surface area contributed by atoms with Crippen LogP contribution in [0.15, 0.2) is 48.6 Å². The first kappa shape index (κ1) is 52.3. The van der Waals surface area contributed by atoms with Gasteiger partial charge in [-0.2, -0.15) is 0 Å². The number of ether oxygens (including phenoxy) is 3. The number of aliphatic carboxylic acids is 1. The monoisotopic (exact) mass is 775 g/mol. The van der Waals surface area contributed by atoms with E-state index in [0.717, 1.165) is 64.2 Å². The Morgan fingerprint density at radius 1 is 0.564 bits per heavy atom. The number of carbonyl (C=O) groups excluding carboxylic acids is 2. The maximum Gasteiger partial charge on any atom is 0.362 e. The number of carboxylic acid groups (broad SMARTS) is 1. The van der Waals surface area contributed by atoms with Gasteiger partial charge in [0, 0.05) is 19.3 Å². The highest BCUT2D eigenvalue weighted by atomic mass is 16.6. The van der Waals surface area contributed by atoms with Crippen molar-refractivity contribution in [3.63, 3.8) is 0 Å². The summed E-state index contributed by atoms with van der Waals surface area (Å²) in [5.74, 6) is -1.48. The fourth-order valence-corrected chi connectivity index (χ4v) is 6.32. The number of esters is 2. The lowest BCUT2D eigenvalue weighted by molar-refractivity contribution is -0.887. The van der Waals surface area contributed by atoms with Crippen LogP contribution in [0.25, 0.3) is 0 Å². The topological polar surface area (TPSA) is 99.1 Å². The van der Waals surface area contributed by atoms with E-state index in [1.54, 1.807) is 0 Å². The van der Waals surface area contributed by atoms with Crippen molar-refractivity contribution in [1.82, 2.24) is 0 Å². The molecule has 0 aliphatic rings. The van der Waals surface area contributed by atoms with Gasteiger partial charge in [0.05, 0.1) is 34.4 Å². The fraction of sp³-hybridized carbons (Fsp3) is 0.766. The molecule has 1 N–H and O–H groups in total. The summed E-state index contributed by atoms with van der Waals surface area (Å²) in [5.41, 5.74) is 0. The highest BCUT2D eigenvalue weighted by Gasteiger charge is 2.31. The average Bonchev–Trinajstić information content (AvgIpc) is 3.14. The van der Waals surface area contributed by atoms with Gasteiger partial charge >= 0.3 is 17.9 Å². The molecular formula is C47H84NO7+. The van der Waals surface area contributed by atoms with Crippen LogP contribution in [0.4, 0.5) is 0 Å². The van der Waals surface area contributed by atoms with Crippen LogP contribution in [0.3, 0.4) is 0 Å². The van der Waals surface area contributed by atoms with Crippen molar-refractivity contribution in [2.24, 2.45) is 0 Å². The van der Waals surface area contributed by atoms with Gasteiger partial charge in [-0.3, -0.25) is 9.59 Å². The van der Waals surface area contributed by atoms with E-state index in [2.05, 4.69) is 62.5 Å². The van der Waals surface area contributed by atoms with Gasteiger partial charge in [0.25, 0.3) is 0 Å². The van der Waals surface area contributed by atoms with Crippen molar-refractivity contribution in [1.29, 1.82) is 0 Å². The number of quaternary nitrogens is 1. The lowest BCUT2D eigenvalue weighted by Gasteiger charge is -2.31. The Kier molecular flexibility index (Phi) is 36.3. The van der Waals surface area contributed by atoms with E-state index in [9.17, 15) is 19.5 Å². The molecule has 318 valence electrons. The quantitative estimate of drug-likeness (QED) is 0.0287. The van der Waals surface area contributed by atoms with Crippen LogP contribution in [0.5, 0.6) is 0 Å². The van der Waals surface area contributed by atoms with Gasteiger partial charge in [-0.15, -0.1) is 0 Å². The number of nitrogens with zero attached hydrogens (tertiary/aromatic N) is 1. The number of likely N-dealkylation sites (N-methyl/N-ethyl adjacent to an activating group) is 1. The van der Waals surface area contributed by atoms with E-state index in [1.165, 1.54) is 83.5 Å². The van der Waals surface area contributed by atoms with Crippen LogP contribution in [-0.2, 0) is 28.6 Å². The fourth-order valence-electron chi connectivity index (χ4n) is 6.32. The second kappa shape index (κ2) is 38.2. The van der Waals surface area contributed by atoms with E-state index in [-0.39, 0.29) is 36.2 Å². The number of rotatable bonds is 39. The SMILES string of the molecule is CC/C=C\C/C=C\C/C=C\C/C=C\CCCCCCCCCCCCC(=O)OC(COCCC(C(=O)O)[N+](C)(C)C)COC(=O)CCCCCCCCCC. The standard InChI is InChI=1S/C47H83NO7/c1-6-8-10-12-14-16-17-18-19-20-21-22-23-24-25-26-27-28-29-30-32-34-36-38-46(50)55-43(41-53-40-39-44(47(51)52)48(3,4)5)42-54-45(49)37-35-33-31-15-13-11-9-7-2/h8,10,14,16,18-19,21-22,43-44H,6-7,9,11-13,15,17,20,23-42H2,1-5H3/p+1/b10-8-,16-14-,19-18-,22-21-. The van der Waals surface area contributed by atoms with Gasteiger partial charge in [-0.1, -0.05) is 159 Å². The molecule has 0 aromatic carbocycles. The molecule has 0 saturated carbocycles. The molecule has 8 nitrogen and oxygen atoms in total. The number of unbranched alkanes of at least 4 members (excludes halogenated alkanes) is 17. The third kappa shape index (κ3) is 36.7. The first-order chi connectivity index (χ1) is 26.6. The number of carbonyl (C=O) groups is 3. The predicted octanol–water partition coefficient (Wildman–Crippen LogP) is 12.0. The summed E-state index contributed by atoms with van der Waals surface area (Å²) >= 11 is 0. The minimum absolute atomic E-state index is 0.0519. The van der Waals surface area contributed by atoms with E-state index in [4.69, 9.17) is 14.2 Å². The van der Waals surface area contributed by atoms with Gasteiger partial charge < -0.3 is 23.8 Å². The third-order valence-electron chi connectivity index (χ3n) is 9.74. The highest BCUT2D eigenvalue weighted by Crippen LogP contribution is 2.14. The number of allylic oxidation sites excluding steroid dienone is 8. The summed E-state index contributed by atoms with van der Waals surface area (Å²) in [5, 5.41) is 9.60. The molecule has 0 radical (unpaired) electrons. The van der Waals surface area contributed by atoms with E-state index in [0.29, 0.717) is 19.3 Å². The first-order valence-electron chi connectivity index (χ1n) is 22.2. The zero-order valence-electron chi connectivity index (χ0n) is 36.1. The molecule has 0 aromatic heterocycles. The van der Waals surface area contributed by atoms with Crippen LogP contribution in [0, 0.1) is 0 Å². The highest BCUT2D eigenvalue weighted by molar-refractivity contribution is 5.72. The predicted molar refractivity (Wildman–Crippen MR) is 229 cm³/mol. The minimum atomic E-state index is -0.877. The number of hydrogen-bond donors (Lipinski definition) is 1. The minimum Gasteiger partial charge on any atom is -0.477 e. The van der Waals surface area contributed by atoms with E-state index in [1.807, 2.05) is 21.1 Å². The Morgan fingerprint density at radius 2 is 1.02 bits per heavy atom. The van der Waals surface area contributed by atoms with Crippen LogP contribution in [0.2, 0.25) is 0 Å². The van der Waals surface area contributed by atoms with Crippen molar-refractivity contribution in [2.75, 3.05) is 41.0 Å². The smallest absolute Gasteiger partial charge is 0.362 e. The van der Waals surface area contributed by atoms with Crippen molar-refractivity contribution in [2.45, 2.75) is 193 Å². The maximum absolute atomic E-state index is 12.7. The molecule has 0 saturated heterocycles. The molecule has 2 unspecified atom stereocenters. The average molecular weight is 775 g/mol. The summed E-state index contributed by atoms with van der Waals surface area (Å²) in [6.07, 6.45) is 44.5. The summed E-state index contributed by atoms with van der Waals surface area (Å²) in [4.78, 5) is 36.8. The van der Waals surface area contributed by atoms with Crippen LogP contribution < -0.4 is 0 Å². The van der Waals surface area contributed by atoms with Crippen molar-refractivity contribution in [3.05, 3.63) is 48.6 Å². The molecule has 2 atom stereocenters. The molecule has 0 heterocycles. The Morgan fingerprint density at radius 3 is 1.51 bits per heavy atom. The zero-order valence-corrected chi connectivity index (χ0v) is 36.1. The second-order valence-electron chi connectivity index (χ2n) is 15.9. The van der Waals surface area contributed by atoms with Crippen LogP contribution in [0.1, 0.15) is 181 Å². The lowest BCUT2D eigenvalue weighted by Crippen LogP contribution is -2.50. The molecule has 0 fully saturated rings. The third-order valence-corrected chi connectivity index (χ3v) is 9.74. The van der Waals surface area contributed by atoms with Crippen LogP contribution in [-0.4, -0.2) is 80.6 Å². The van der Waals surface area contributed by atoms with Gasteiger partial charge in [0.1, 0.15) is 6.61 Å².